The lowest BCUT2D eigenvalue weighted by Gasteiger charge is -2.26. The summed E-state index contributed by atoms with van der Waals surface area (Å²) in [6.45, 7) is 4.50. The third-order valence-corrected chi connectivity index (χ3v) is 5.28. The monoisotopic (exact) mass is 310 g/mol. The molecule has 1 aliphatic carbocycles. The molecular weight excluding hydrogens is 283 g/mol. The first-order valence-electron chi connectivity index (χ1n) is 9.06. The third kappa shape index (κ3) is 3.83. The molecule has 0 unspecified atom stereocenters. The van der Waals surface area contributed by atoms with Crippen molar-refractivity contribution >= 4 is 0 Å². The van der Waals surface area contributed by atoms with Crippen molar-refractivity contribution in [3.05, 3.63) is 59.4 Å². The van der Waals surface area contributed by atoms with Crippen LogP contribution in [0.4, 0.5) is 4.39 Å². The Morgan fingerprint density at radius 3 is 2.26 bits per heavy atom. The molecule has 122 valence electrons. The first-order valence-corrected chi connectivity index (χ1v) is 9.06. The first kappa shape index (κ1) is 16.2. The molecule has 0 aromatic heterocycles. The standard InChI is InChI=1S/C22H27F/c1-3-4-17-7-11-19(12-8-17)21-14-13-20(15-22(21)23)18-9-5-16(2)6-10-18/h7-8,11-16,18H,3-6,9-10H2,1-2H3. The Morgan fingerprint density at radius 1 is 0.957 bits per heavy atom. The second-order valence-corrected chi connectivity index (χ2v) is 7.14. The first-order chi connectivity index (χ1) is 11.2. The number of rotatable bonds is 4. The second-order valence-electron chi connectivity index (χ2n) is 7.14. The molecule has 0 aliphatic heterocycles. The molecular formula is C22H27F. The smallest absolute Gasteiger partial charge is 0.131 e. The van der Waals surface area contributed by atoms with Crippen LogP contribution < -0.4 is 0 Å². The van der Waals surface area contributed by atoms with Gasteiger partial charge in [0.15, 0.2) is 0 Å². The molecule has 2 aromatic carbocycles. The van der Waals surface area contributed by atoms with Gasteiger partial charge in [-0.3, -0.25) is 0 Å². The van der Waals surface area contributed by atoms with Gasteiger partial charge in [-0.1, -0.05) is 69.5 Å². The number of aryl methyl sites for hydroxylation is 1. The molecule has 0 atom stereocenters. The molecule has 1 heteroatoms. The van der Waals surface area contributed by atoms with Crippen LogP contribution >= 0.6 is 0 Å². The molecule has 0 amide bonds. The van der Waals surface area contributed by atoms with Gasteiger partial charge in [-0.15, -0.1) is 0 Å². The van der Waals surface area contributed by atoms with E-state index in [2.05, 4.69) is 32.0 Å². The highest BCUT2D eigenvalue weighted by molar-refractivity contribution is 5.65. The lowest BCUT2D eigenvalue weighted by molar-refractivity contribution is 0.347. The van der Waals surface area contributed by atoms with Gasteiger partial charge in [-0.25, -0.2) is 4.39 Å². The zero-order valence-electron chi connectivity index (χ0n) is 14.3. The summed E-state index contributed by atoms with van der Waals surface area (Å²) in [5.74, 6) is 1.29. The van der Waals surface area contributed by atoms with Crippen LogP contribution in [0.2, 0.25) is 0 Å². The Bertz CT molecular complexity index is 634. The van der Waals surface area contributed by atoms with E-state index in [9.17, 15) is 4.39 Å². The molecule has 0 spiro atoms. The summed E-state index contributed by atoms with van der Waals surface area (Å²) in [6, 6.07) is 14.2. The average Bonchev–Trinajstić information content (AvgIpc) is 2.57. The van der Waals surface area contributed by atoms with Gasteiger partial charge in [0.05, 0.1) is 0 Å². The molecule has 1 saturated carbocycles. The van der Waals surface area contributed by atoms with Crippen LogP contribution in [-0.2, 0) is 6.42 Å². The molecule has 0 N–H and O–H groups in total. The average molecular weight is 310 g/mol. The number of hydrogen-bond donors (Lipinski definition) is 0. The molecule has 0 saturated heterocycles. The van der Waals surface area contributed by atoms with Crippen LogP contribution in [0.5, 0.6) is 0 Å². The van der Waals surface area contributed by atoms with Crippen LogP contribution in [0.1, 0.15) is 63.0 Å². The van der Waals surface area contributed by atoms with E-state index in [0.29, 0.717) is 5.92 Å². The van der Waals surface area contributed by atoms with Gasteiger partial charge in [0, 0.05) is 5.56 Å². The summed E-state index contributed by atoms with van der Waals surface area (Å²) < 4.78 is 14.6. The highest BCUT2D eigenvalue weighted by atomic mass is 19.1. The Kier molecular flexibility index (Phi) is 5.15. The normalized spacial score (nSPS) is 21.3. The SMILES string of the molecule is CCCc1ccc(-c2ccc(C3CCC(C)CC3)cc2F)cc1. The summed E-state index contributed by atoms with van der Waals surface area (Å²) in [6.07, 6.45) is 7.17. The largest absolute Gasteiger partial charge is 0.206 e. The molecule has 23 heavy (non-hydrogen) atoms. The van der Waals surface area contributed by atoms with Crippen molar-refractivity contribution in [1.29, 1.82) is 0 Å². The van der Waals surface area contributed by atoms with Gasteiger partial charge in [-0.05, 0) is 53.9 Å². The predicted octanol–water partition coefficient (Wildman–Crippen LogP) is 6.74. The van der Waals surface area contributed by atoms with Gasteiger partial charge in [-0.2, -0.15) is 0 Å². The van der Waals surface area contributed by atoms with Crippen LogP contribution in [0.3, 0.4) is 0 Å². The maximum Gasteiger partial charge on any atom is 0.131 e. The Balaban J connectivity index is 1.79. The summed E-state index contributed by atoms with van der Waals surface area (Å²) in [5.41, 5.74) is 4.21. The summed E-state index contributed by atoms with van der Waals surface area (Å²) in [7, 11) is 0. The van der Waals surface area contributed by atoms with Crippen molar-refractivity contribution in [2.24, 2.45) is 5.92 Å². The van der Waals surface area contributed by atoms with Crippen molar-refractivity contribution < 1.29 is 4.39 Å². The summed E-state index contributed by atoms with van der Waals surface area (Å²) in [5, 5.41) is 0. The van der Waals surface area contributed by atoms with E-state index in [1.807, 2.05) is 18.2 Å². The summed E-state index contributed by atoms with van der Waals surface area (Å²) in [4.78, 5) is 0. The van der Waals surface area contributed by atoms with Crippen LogP contribution in [0.25, 0.3) is 11.1 Å². The minimum absolute atomic E-state index is 0.0793. The minimum Gasteiger partial charge on any atom is -0.206 e. The Morgan fingerprint density at radius 2 is 1.65 bits per heavy atom. The summed E-state index contributed by atoms with van der Waals surface area (Å²) >= 11 is 0. The fourth-order valence-corrected chi connectivity index (χ4v) is 3.75. The van der Waals surface area contributed by atoms with E-state index < -0.39 is 0 Å². The number of benzene rings is 2. The zero-order chi connectivity index (χ0) is 16.2. The highest BCUT2D eigenvalue weighted by Crippen LogP contribution is 2.37. The third-order valence-electron chi connectivity index (χ3n) is 5.28. The van der Waals surface area contributed by atoms with Gasteiger partial charge in [0.2, 0.25) is 0 Å². The van der Waals surface area contributed by atoms with E-state index in [1.54, 1.807) is 6.07 Å². The van der Waals surface area contributed by atoms with E-state index in [1.165, 1.54) is 36.8 Å². The van der Waals surface area contributed by atoms with Gasteiger partial charge < -0.3 is 0 Å². The van der Waals surface area contributed by atoms with Crippen LogP contribution in [0.15, 0.2) is 42.5 Å². The van der Waals surface area contributed by atoms with E-state index >= 15 is 0 Å². The molecule has 3 rings (SSSR count). The molecule has 0 bridgehead atoms. The zero-order valence-corrected chi connectivity index (χ0v) is 14.3. The van der Waals surface area contributed by atoms with Crippen molar-refractivity contribution in [1.82, 2.24) is 0 Å². The second kappa shape index (κ2) is 7.29. The highest BCUT2D eigenvalue weighted by Gasteiger charge is 2.20. The van der Waals surface area contributed by atoms with E-state index in [-0.39, 0.29) is 5.82 Å². The lowest BCUT2D eigenvalue weighted by Crippen LogP contribution is -2.11. The van der Waals surface area contributed by atoms with E-state index in [0.717, 1.165) is 29.9 Å². The Hall–Kier alpha value is -1.63. The molecule has 0 radical (unpaired) electrons. The molecule has 0 heterocycles. The number of hydrogen-bond acceptors (Lipinski definition) is 0. The van der Waals surface area contributed by atoms with Gasteiger partial charge in [0.1, 0.15) is 5.82 Å². The molecule has 2 aromatic rings. The fourth-order valence-electron chi connectivity index (χ4n) is 3.75. The van der Waals surface area contributed by atoms with Crippen LogP contribution in [0, 0.1) is 11.7 Å². The van der Waals surface area contributed by atoms with Crippen molar-refractivity contribution in [2.75, 3.05) is 0 Å². The minimum atomic E-state index is -0.0793. The van der Waals surface area contributed by atoms with Gasteiger partial charge >= 0.3 is 0 Å². The fraction of sp³-hybridized carbons (Fsp3) is 0.455. The van der Waals surface area contributed by atoms with Crippen molar-refractivity contribution in [2.45, 2.75) is 58.3 Å². The predicted molar refractivity (Wildman–Crippen MR) is 96.2 cm³/mol. The quantitative estimate of drug-likeness (QED) is 0.586. The maximum atomic E-state index is 14.6. The lowest BCUT2D eigenvalue weighted by atomic mass is 9.79. The van der Waals surface area contributed by atoms with Crippen molar-refractivity contribution in [3.8, 4) is 11.1 Å². The maximum absolute atomic E-state index is 14.6. The van der Waals surface area contributed by atoms with E-state index in [4.69, 9.17) is 0 Å². The van der Waals surface area contributed by atoms with Crippen molar-refractivity contribution in [3.63, 3.8) is 0 Å². The number of halogens is 1. The molecule has 0 nitrogen and oxygen atoms in total. The topological polar surface area (TPSA) is 0 Å². The molecule has 1 aliphatic rings. The Labute approximate surface area is 139 Å². The van der Waals surface area contributed by atoms with Crippen LogP contribution in [-0.4, -0.2) is 0 Å². The van der Waals surface area contributed by atoms with Gasteiger partial charge in [0.25, 0.3) is 0 Å². The molecule has 1 fully saturated rings.